The van der Waals surface area contributed by atoms with Crippen LogP contribution in [0.5, 0.6) is 0 Å². The van der Waals surface area contributed by atoms with E-state index in [9.17, 15) is 9.59 Å². The van der Waals surface area contributed by atoms with Gasteiger partial charge in [0.15, 0.2) is 11.4 Å². The van der Waals surface area contributed by atoms with Crippen molar-refractivity contribution in [3.8, 4) is 0 Å². The van der Waals surface area contributed by atoms with Crippen molar-refractivity contribution in [3.05, 3.63) is 54.1 Å². The molecule has 3 aromatic rings. The number of fused-ring (bicyclic) bond motifs is 1. The molecule has 0 saturated heterocycles. The van der Waals surface area contributed by atoms with E-state index in [0.29, 0.717) is 28.5 Å². The molecule has 25 heavy (non-hydrogen) atoms. The summed E-state index contributed by atoms with van der Waals surface area (Å²) in [6, 6.07) is 14.4. The highest BCUT2D eigenvalue weighted by Crippen LogP contribution is 2.24. The topological polar surface area (TPSA) is 72.2 Å². The predicted molar refractivity (Wildman–Crippen MR) is 99.0 cm³/mol. The van der Waals surface area contributed by atoms with Crippen molar-refractivity contribution in [2.24, 2.45) is 0 Å². The molecule has 0 spiro atoms. The minimum atomic E-state index is -0.0203. The SMILES string of the molecule is CCCC(=O)Nc1ccc(C(=O)CSc2nc3ccccc3o2)cc1. The summed E-state index contributed by atoms with van der Waals surface area (Å²) in [6.07, 6.45) is 1.29. The fourth-order valence-corrected chi connectivity index (χ4v) is 3.05. The third-order valence-corrected chi connectivity index (χ3v) is 4.40. The lowest BCUT2D eigenvalue weighted by Crippen LogP contribution is -2.10. The zero-order valence-electron chi connectivity index (χ0n) is 13.8. The second-order valence-electron chi connectivity index (χ2n) is 5.53. The van der Waals surface area contributed by atoms with E-state index < -0.39 is 0 Å². The zero-order valence-corrected chi connectivity index (χ0v) is 14.6. The molecule has 0 saturated carbocycles. The monoisotopic (exact) mass is 354 g/mol. The molecule has 1 aromatic heterocycles. The van der Waals surface area contributed by atoms with Gasteiger partial charge in [-0.2, -0.15) is 0 Å². The quantitative estimate of drug-likeness (QED) is 0.498. The highest BCUT2D eigenvalue weighted by atomic mass is 32.2. The van der Waals surface area contributed by atoms with Crippen molar-refractivity contribution in [2.45, 2.75) is 25.0 Å². The van der Waals surface area contributed by atoms with Crippen molar-refractivity contribution < 1.29 is 14.0 Å². The minimum Gasteiger partial charge on any atom is -0.431 e. The number of benzene rings is 2. The van der Waals surface area contributed by atoms with Gasteiger partial charge in [-0.1, -0.05) is 30.8 Å². The molecule has 3 rings (SSSR count). The van der Waals surface area contributed by atoms with Gasteiger partial charge in [0.1, 0.15) is 5.52 Å². The number of ketones is 1. The minimum absolute atomic E-state index is 0.0151. The fraction of sp³-hybridized carbons (Fsp3) is 0.211. The lowest BCUT2D eigenvalue weighted by atomic mass is 10.1. The first-order valence-electron chi connectivity index (χ1n) is 8.07. The van der Waals surface area contributed by atoms with E-state index in [0.717, 1.165) is 11.9 Å². The third-order valence-electron chi connectivity index (χ3n) is 3.57. The molecule has 1 N–H and O–H groups in total. The first-order chi connectivity index (χ1) is 12.2. The standard InChI is InChI=1S/C19H18N2O3S/c1-2-5-18(23)20-14-10-8-13(9-11-14)16(22)12-25-19-21-15-6-3-4-7-17(15)24-19/h3-4,6-11H,2,5,12H2,1H3,(H,20,23). The summed E-state index contributed by atoms with van der Waals surface area (Å²) in [4.78, 5) is 28.2. The Hall–Kier alpha value is -2.60. The molecule has 0 atom stereocenters. The molecule has 0 aliphatic carbocycles. The summed E-state index contributed by atoms with van der Waals surface area (Å²) in [6.45, 7) is 1.95. The second-order valence-corrected chi connectivity index (χ2v) is 6.46. The molecular formula is C19H18N2O3S. The number of nitrogens with zero attached hydrogens (tertiary/aromatic N) is 1. The second kappa shape index (κ2) is 7.98. The maximum Gasteiger partial charge on any atom is 0.257 e. The number of anilines is 1. The Morgan fingerprint density at radius 1 is 1.12 bits per heavy atom. The summed E-state index contributed by atoms with van der Waals surface area (Å²) in [5.41, 5.74) is 2.79. The van der Waals surface area contributed by atoms with E-state index in [2.05, 4.69) is 10.3 Å². The highest BCUT2D eigenvalue weighted by molar-refractivity contribution is 7.99. The number of hydrogen-bond acceptors (Lipinski definition) is 5. The summed E-state index contributed by atoms with van der Waals surface area (Å²) in [5, 5.41) is 3.29. The van der Waals surface area contributed by atoms with Gasteiger partial charge in [0, 0.05) is 17.7 Å². The smallest absolute Gasteiger partial charge is 0.257 e. The van der Waals surface area contributed by atoms with Gasteiger partial charge in [0.05, 0.1) is 5.75 Å². The van der Waals surface area contributed by atoms with Gasteiger partial charge in [0.25, 0.3) is 5.22 Å². The number of oxazole rings is 1. The summed E-state index contributed by atoms with van der Waals surface area (Å²) < 4.78 is 5.59. The number of nitrogens with one attached hydrogen (secondary N) is 1. The Bertz CT molecular complexity index is 854. The number of carbonyl (C=O) groups excluding carboxylic acids is 2. The van der Waals surface area contributed by atoms with Crippen molar-refractivity contribution >= 4 is 40.2 Å². The number of thioether (sulfide) groups is 1. The van der Waals surface area contributed by atoms with Crippen LogP contribution >= 0.6 is 11.8 Å². The van der Waals surface area contributed by atoms with Crippen LogP contribution in [-0.4, -0.2) is 22.4 Å². The van der Waals surface area contributed by atoms with E-state index in [1.54, 1.807) is 24.3 Å². The summed E-state index contributed by atoms with van der Waals surface area (Å²) in [7, 11) is 0. The summed E-state index contributed by atoms with van der Waals surface area (Å²) >= 11 is 1.27. The number of aromatic nitrogens is 1. The maximum absolute atomic E-state index is 12.3. The Balaban J connectivity index is 1.58. The molecule has 6 heteroatoms. The van der Waals surface area contributed by atoms with Crippen LogP contribution in [0.1, 0.15) is 30.1 Å². The maximum atomic E-state index is 12.3. The van der Waals surface area contributed by atoms with Crippen LogP contribution in [0.25, 0.3) is 11.1 Å². The van der Waals surface area contributed by atoms with Crippen molar-refractivity contribution in [2.75, 3.05) is 11.1 Å². The molecule has 0 radical (unpaired) electrons. The highest BCUT2D eigenvalue weighted by Gasteiger charge is 2.11. The molecule has 0 fully saturated rings. The first kappa shape index (κ1) is 17.2. The Labute approximate surface area is 149 Å². The van der Waals surface area contributed by atoms with Crippen LogP contribution in [0.2, 0.25) is 0 Å². The molecule has 128 valence electrons. The van der Waals surface area contributed by atoms with E-state index in [1.807, 2.05) is 31.2 Å². The Morgan fingerprint density at radius 2 is 1.88 bits per heavy atom. The van der Waals surface area contributed by atoms with Gasteiger partial charge >= 0.3 is 0 Å². The Morgan fingerprint density at radius 3 is 2.60 bits per heavy atom. The summed E-state index contributed by atoms with van der Waals surface area (Å²) in [5.74, 6) is 0.209. The molecule has 5 nitrogen and oxygen atoms in total. The molecule has 0 bridgehead atoms. The molecule has 0 aliphatic heterocycles. The van der Waals surface area contributed by atoms with Crippen LogP contribution in [-0.2, 0) is 4.79 Å². The lowest BCUT2D eigenvalue weighted by molar-refractivity contribution is -0.116. The van der Waals surface area contributed by atoms with Gasteiger partial charge in [0.2, 0.25) is 5.91 Å². The van der Waals surface area contributed by atoms with Crippen LogP contribution in [0.15, 0.2) is 58.2 Å². The van der Waals surface area contributed by atoms with E-state index >= 15 is 0 Å². The molecule has 0 aliphatic rings. The van der Waals surface area contributed by atoms with Crippen LogP contribution in [0, 0.1) is 0 Å². The number of rotatable bonds is 7. The Kier molecular flexibility index (Phi) is 5.50. The molecule has 1 heterocycles. The number of hydrogen-bond donors (Lipinski definition) is 1. The largest absolute Gasteiger partial charge is 0.431 e. The first-order valence-corrected chi connectivity index (χ1v) is 9.06. The molecule has 0 unspecified atom stereocenters. The van der Waals surface area contributed by atoms with Crippen LogP contribution in [0.4, 0.5) is 5.69 Å². The normalized spacial score (nSPS) is 10.8. The average molecular weight is 354 g/mol. The van der Waals surface area contributed by atoms with Gasteiger partial charge in [-0.15, -0.1) is 0 Å². The number of amides is 1. The van der Waals surface area contributed by atoms with Crippen molar-refractivity contribution in [3.63, 3.8) is 0 Å². The average Bonchev–Trinajstić information content (AvgIpc) is 3.03. The van der Waals surface area contributed by atoms with Gasteiger partial charge in [-0.3, -0.25) is 9.59 Å². The van der Waals surface area contributed by atoms with Crippen molar-refractivity contribution in [1.29, 1.82) is 0 Å². The third kappa shape index (κ3) is 4.48. The van der Waals surface area contributed by atoms with Gasteiger partial charge in [-0.25, -0.2) is 4.98 Å². The molecular weight excluding hydrogens is 336 g/mol. The lowest BCUT2D eigenvalue weighted by Gasteiger charge is -2.05. The van der Waals surface area contributed by atoms with Crippen LogP contribution < -0.4 is 5.32 Å². The van der Waals surface area contributed by atoms with Crippen LogP contribution in [0.3, 0.4) is 0 Å². The number of Topliss-reactive ketones (excluding diaryl/α,β-unsaturated/α-hetero) is 1. The van der Waals surface area contributed by atoms with Crippen molar-refractivity contribution in [1.82, 2.24) is 4.98 Å². The molecule has 1 amide bonds. The van der Waals surface area contributed by atoms with E-state index in [4.69, 9.17) is 4.42 Å². The van der Waals surface area contributed by atoms with E-state index in [-0.39, 0.29) is 17.4 Å². The number of para-hydroxylation sites is 2. The van der Waals surface area contributed by atoms with E-state index in [1.165, 1.54) is 11.8 Å². The number of carbonyl (C=O) groups is 2. The molecule has 2 aromatic carbocycles. The van der Waals surface area contributed by atoms with Gasteiger partial charge in [-0.05, 0) is 42.8 Å². The van der Waals surface area contributed by atoms with Gasteiger partial charge < -0.3 is 9.73 Å². The predicted octanol–water partition coefficient (Wildman–Crippen LogP) is 4.54. The zero-order chi connectivity index (χ0) is 17.6. The fourth-order valence-electron chi connectivity index (χ4n) is 2.31.